The Kier molecular flexibility index (Phi) is 2.87. The molecule has 0 amide bonds. The van der Waals surface area contributed by atoms with Gasteiger partial charge in [0.1, 0.15) is 11.8 Å². The predicted octanol–water partition coefficient (Wildman–Crippen LogP) is 3.01. The summed E-state index contributed by atoms with van der Waals surface area (Å²) < 4.78 is 2.30. The zero-order chi connectivity index (χ0) is 15.1. The highest BCUT2D eigenvalue weighted by atomic mass is 15.2. The number of pyridine rings is 1. The standard InChI is InChI=1S/C18H16N4/c1-21-17-5-3-2-4-15(17)16-8-9-22(12-18(16)21)14-7-6-13(10-19)20-11-14/h2-7,11H,8-9,12H2,1H3. The molecule has 0 bridgehead atoms. The summed E-state index contributed by atoms with van der Waals surface area (Å²) >= 11 is 0. The molecule has 2 aromatic heterocycles. The second kappa shape index (κ2) is 4.88. The zero-order valence-corrected chi connectivity index (χ0v) is 12.5. The molecular formula is C18H16N4. The average molecular weight is 288 g/mol. The fraction of sp³-hybridized carbons (Fsp3) is 0.222. The molecule has 22 heavy (non-hydrogen) atoms. The van der Waals surface area contributed by atoms with Gasteiger partial charge in [-0.05, 0) is 30.2 Å². The van der Waals surface area contributed by atoms with Crippen LogP contribution >= 0.6 is 0 Å². The molecule has 1 aromatic carbocycles. The largest absolute Gasteiger partial charge is 0.364 e. The number of anilines is 1. The van der Waals surface area contributed by atoms with Gasteiger partial charge in [-0.25, -0.2) is 4.98 Å². The molecule has 108 valence electrons. The highest BCUT2D eigenvalue weighted by Gasteiger charge is 2.22. The summed E-state index contributed by atoms with van der Waals surface area (Å²) in [6, 6.07) is 14.4. The van der Waals surface area contributed by atoms with Crippen molar-refractivity contribution in [3.63, 3.8) is 0 Å². The average Bonchev–Trinajstić information content (AvgIpc) is 2.88. The van der Waals surface area contributed by atoms with Gasteiger partial charge < -0.3 is 9.47 Å². The number of aromatic nitrogens is 2. The van der Waals surface area contributed by atoms with E-state index in [4.69, 9.17) is 5.26 Å². The SMILES string of the molecule is Cn1c2c(c3ccccc31)CCN(c1ccc(C#N)nc1)C2. The van der Waals surface area contributed by atoms with Crippen molar-refractivity contribution in [3.05, 3.63) is 59.5 Å². The van der Waals surface area contributed by atoms with Gasteiger partial charge in [-0.15, -0.1) is 0 Å². The summed E-state index contributed by atoms with van der Waals surface area (Å²) in [6.07, 6.45) is 2.84. The predicted molar refractivity (Wildman–Crippen MR) is 86.6 cm³/mol. The Bertz CT molecular complexity index is 884. The first-order valence-corrected chi connectivity index (χ1v) is 7.44. The molecular weight excluding hydrogens is 272 g/mol. The van der Waals surface area contributed by atoms with Crippen LogP contribution in [0.25, 0.3) is 10.9 Å². The van der Waals surface area contributed by atoms with Crippen LogP contribution in [0.3, 0.4) is 0 Å². The molecule has 4 nitrogen and oxygen atoms in total. The Morgan fingerprint density at radius 2 is 2.05 bits per heavy atom. The van der Waals surface area contributed by atoms with E-state index in [1.54, 1.807) is 12.3 Å². The van der Waals surface area contributed by atoms with E-state index in [9.17, 15) is 0 Å². The maximum absolute atomic E-state index is 8.86. The summed E-state index contributed by atoms with van der Waals surface area (Å²) in [6.45, 7) is 1.86. The van der Waals surface area contributed by atoms with Gasteiger partial charge in [0.05, 0.1) is 18.4 Å². The van der Waals surface area contributed by atoms with Crippen molar-refractivity contribution in [2.75, 3.05) is 11.4 Å². The van der Waals surface area contributed by atoms with Gasteiger partial charge in [0.2, 0.25) is 0 Å². The maximum atomic E-state index is 8.86. The highest BCUT2D eigenvalue weighted by molar-refractivity contribution is 5.86. The highest BCUT2D eigenvalue weighted by Crippen LogP contribution is 2.31. The fourth-order valence-corrected chi connectivity index (χ4v) is 3.37. The third-order valence-corrected chi connectivity index (χ3v) is 4.54. The first-order valence-electron chi connectivity index (χ1n) is 7.44. The number of hydrogen-bond donors (Lipinski definition) is 0. The molecule has 0 radical (unpaired) electrons. The van der Waals surface area contributed by atoms with E-state index in [2.05, 4.69) is 51.8 Å². The van der Waals surface area contributed by atoms with Crippen molar-refractivity contribution < 1.29 is 0 Å². The quantitative estimate of drug-likeness (QED) is 0.691. The number of nitrogens with zero attached hydrogens (tertiary/aromatic N) is 4. The lowest BCUT2D eigenvalue weighted by atomic mass is 10.0. The Morgan fingerprint density at radius 3 is 2.82 bits per heavy atom. The number of hydrogen-bond acceptors (Lipinski definition) is 3. The van der Waals surface area contributed by atoms with Gasteiger partial charge in [-0.3, -0.25) is 0 Å². The Morgan fingerprint density at radius 1 is 1.18 bits per heavy atom. The van der Waals surface area contributed by atoms with Gasteiger partial charge in [-0.2, -0.15) is 5.26 Å². The van der Waals surface area contributed by atoms with Crippen molar-refractivity contribution in [2.45, 2.75) is 13.0 Å². The molecule has 0 atom stereocenters. The lowest BCUT2D eigenvalue weighted by Crippen LogP contribution is -2.31. The van der Waals surface area contributed by atoms with Crippen molar-refractivity contribution in [1.29, 1.82) is 5.26 Å². The van der Waals surface area contributed by atoms with Crippen LogP contribution in [-0.4, -0.2) is 16.1 Å². The monoisotopic (exact) mass is 288 g/mol. The number of rotatable bonds is 1. The number of aryl methyl sites for hydroxylation is 1. The number of para-hydroxylation sites is 1. The molecule has 0 N–H and O–H groups in total. The normalized spacial score (nSPS) is 13.9. The van der Waals surface area contributed by atoms with Crippen LogP contribution in [0, 0.1) is 11.3 Å². The Hall–Kier alpha value is -2.80. The van der Waals surface area contributed by atoms with Crippen molar-refractivity contribution >= 4 is 16.6 Å². The van der Waals surface area contributed by atoms with E-state index in [0.717, 1.165) is 25.2 Å². The molecule has 0 saturated carbocycles. The summed E-state index contributed by atoms with van der Waals surface area (Å²) in [7, 11) is 2.14. The lowest BCUT2D eigenvalue weighted by Gasteiger charge is -2.29. The molecule has 0 fully saturated rings. The van der Waals surface area contributed by atoms with Crippen molar-refractivity contribution in [3.8, 4) is 6.07 Å². The molecule has 4 heteroatoms. The van der Waals surface area contributed by atoms with Crippen LogP contribution in [0.4, 0.5) is 5.69 Å². The van der Waals surface area contributed by atoms with Gasteiger partial charge in [0, 0.05) is 30.2 Å². The molecule has 1 aliphatic rings. The van der Waals surface area contributed by atoms with Crippen LogP contribution in [0.15, 0.2) is 42.6 Å². The Labute approximate surface area is 129 Å². The minimum Gasteiger partial charge on any atom is -0.364 e. The molecule has 0 spiro atoms. The molecule has 1 aliphatic heterocycles. The summed E-state index contributed by atoms with van der Waals surface area (Å²) in [5.74, 6) is 0. The topological polar surface area (TPSA) is 44.9 Å². The molecule has 0 aliphatic carbocycles. The van der Waals surface area contributed by atoms with Crippen LogP contribution in [0.5, 0.6) is 0 Å². The van der Waals surface area contributed by atoms with Gasteiger partial charge >= 0.3 is 0 Å². The maximum Gasteiger partial charge on any atom is 0.140 e. The van der Waals surface area contributed by atoms with E-state index in [-0.39, 0.29) is 0 Å². The number of nitriles is 1. The minimum absolute atomic E-state index is 0.464. The summed E-state index contributed by atoms with van der Waals surface area (Å²) in [5.41, 5.74) is 5.68. The van der Waals surface area contributed by atoms with Crippen LogP contribution in [0.2, 0.25) is 0 Å². The molecule has 3 aromatic rings. The van der Waals surface area contributed by atoms with Gasteiger partial charge in [-0.1, -0.05) is 18.2 Å². The molecule has 0 unspecified atom stereocenters. The lowest BCUT2D eigenvalue weighted by molar-refractivity contribution is 0.688. The van der Waals surface area contributed by atoms with Gasteiger partial charge in [0.15, 0.2) is 0 Å². The third kappa shape index (κ3) is 1.86. The minimum atomic E-state index is 0.464. The molecule has 3 heterocycles. The molecule has 0 saturated heterocycles. The first kappa shape index (κ1) is 12.9. The van der Waals surface area contributed by atoms with Crippen LogP contribution < -0.4 is 4.90 Å². The van der Waals surface area contributed by atoms with E-state index < -0.39 is 0 Å². The number of fused-ring (bicyclic) bond motifs is 3. The second-order valence-corrected chi connectivity index (χ2v) is 5.69. The van der Waals surface area contributed by atoms with Crippen LogP contribution in [-0.2, 0) is 20.0 Å². The van der Waals surface area contributed by atoms with Crippen molar-refractivity contribution in [2.24, 2.45) is 7.05 Å². The fourth-order valence-electron chi connectivity index (χ4n) is 3.37. The van der Waals surface area contributed by atoms with Crippen LogP contribution in [0.1, 0.15) is 17.0 Å². The van der Waals surface area contributed by atoms with Crippen molar-refractivity contribution in [1.82, 2.24) is 9.55 Å². The summed E-state index contributed by atoms with van der Waals surface area (Å²) in [5, 5.41) is 10.2. The second-order valence-electron chi connectivity index (χ2n) is 5.69. The zero-order valence-electron chi connectivity index (χ0n) is 12.5. The van der Waals surface area contributed by atoms with E-state index >= 15 is 0 Å². The van der Waals surface area contributed by atoms with E-state index in [1.165, 1.54) is 22.2 Å². The first-order chi connectivity index (χ1) is 10.8. The molecule has 4 rings (SSSR count). The number of benzene rings is 1. The van der Waals surface area contributed by atoms with Gasteiger partial charge in [0.25, 0.3) is 0 Å². The van der Waals surface area contributed by atoms with E-state index in [0.29, 0.717) is 5.69 Å². The third-order valence-electron chi connectivity index (χ3n) is 4.54. The summed E-state index contributed by atoms with van der Waals surface area (Å²) in [4.78, 5) is 6.51. The smallest absolute Gasteiger partial charge is 0.140 e. The Balaban J connectivity index is 1.73. The van der Waals surface area contributed by atoms with E-state index in [1.807, 2.05) is 6.07 Å².